The lowest BCUT2D eigenvalue weighted by atomic mass is 10.1. The van der Waals surface area contributed by atoms with Crippen molar-refractivity contribution in [3.05, 3.63) is 12.7 Å². The van der Waals surface area contributed by atoms with Crippen LogP contribution >= 0.6 is 0 Å². The van der Waals surface area contributed by atoms with Crippen LogP contribution in [0.2, 0.25) is 0 Å². The minimum absolute atomic E-state index is 0.146. The second-order valence-electron chi connectivity index (χ2n) is 4.35. The summed E-state index contributed by atoms with van der Waals surface area (Å²) in [5.41, 5.74) is 0. The van der Waals surface area contributed by atoms with Gasteiger partial charge in [-0.2, -0.15) is 0 Å². The second-order valence-corrected chi connectivity index (χ2v) is 4.35. The summed E-state index contributed by atoms with van der Waals surface area (Å²) in [5, 5.41) is 8.82. The Kier molecular flexibility index (Phi) is 4.82. The van der Waals surface area contributed by atoms with Gasteiger partial charge in [0.05, 0.1) is 6.54 Å². The maximum Gasteiger partial charge on any atom is 0.317 e. The van der Waals surface area contributed by atoms with E-state index >= 15 is 0 Å². The monoisotopic (exact) mass is 211 g/mol. The van der Waals surface area contributed by atoms with Crippen LogP contribution in [0, 0.1) is 5.92 Å². The van der Waals surface area contributed by atoms with Gasteiger partial charge in [-0.15, -0.1) is 6.58 Å². The molecule has 0 aromatic heterocycles. The van der Waals surface area contributed by atoms with Crippen molar-refractivity contribution >= 4 is 5.97 Å². The van der Waals surface area contributed by atoms with Crippen molar-refractivity contribution in [2.24, 2.45) is 5.92 Å². The first kappa shape index (κ1) is 12.2. The van der Waals surface area contributed by atoms with Crippen molar-refractivity contribution in [1.82, 2.24) is 4.90 Å². The van der Waals surface area contributed by atoms with Gasteiger partial charge in [0.1, 0.15) is 0 Å². The van der Waals surface area contributed by atoms with Crippen molar-refractivity contribution in [3.8, 4) is 0 Å². The number of hydrogen-bond acceptors (Lipinski definition) is 2. The van der Waals surface area contributed by atoms with E-state index in [4.69, 9.17) is 5.11 Å². The summed E-state index contributed by atoms with van der Waals surface area (Å²) in [4.78, 5) is 12.7. The van der Waals surface area contributed by atoms with Crippen molar-refractivity contribution < 1.29 is 9.90 Å². The molecule has 0 saturated heterocycles. The molecule has 1 saturated carbocycles. The van der Waals surface area contributed by atoms with Crippen LogP contribution in [0.5, 0.6) is 0 Å². The lowest BCUT2D eigenvalue weighted by Gasteiger charge is -2.25. The zero-order valence-corrected chi connectivity index (χ0v) is 9.48. The summed E-state index contributed by atoms with van der Waals surface area (Å²) < 4.78 is 0. The smallest absolute Gasteiger partial charge is 0.317 e. The first-order valence-electron chi connectivity index (χ1n) is 5.74. The first-order valence-corrected chi connectivity index (χ1v) is 5.74. The molecule has 1 N–H and O–H groups in total. The molecule has 0 amide bonds. The number of aliphatic carboxylic acids is 1. The van der Waals surface area contributed by atoms with Gasteiger partial charge < -0.3 is 5.11 Å². The van der Waals surface area contributed by atoms with E-state index in [1.165, 1.54) is 12.8 Å². The molecule has 0 heterocycles. The summed E-state index contributed by atoms with van der Waals surface area (Å²) in [6, 6.07) is 0.448. The van der Waals surface area contributed by atoms with Gasteiger partial charge in [-0.25, -0.2) is 0 Å². The van der Waals surface area contributed by atoms with Gasteiger partial charge in [-0.05, 0) is 25.2 Å². The Morgan fingerprint density at radius 1 is 1.60 bits per heavy atom. The minimum Gasteiger partial charge on any atom is -0.480 e. The minimum atomic E-state index is -0.739. The highest BCUT2D eigenvalue weighted by Crippen LogP contribution is 2.31. The molecule has 1 aliphatic rings. The fraction of sp³-hybridized carbons (Fsp3) is 0.750. The van der Waals surface area contributed by atoms with Crippen LogP contribution < -0.4 is 0 Å². The van der Waals surface area contributed by atoms with Gasteiger partial charge in [0, 0.05) is 12.6 Å². The molecule has 3 heteroatoms. The van der Waals surface area contributed by atoms with Gasteiger partial charge in [0.15, 0.2) is 0 Å². The molecular weight excluding hydrogens is 190 g/mol. The molecule has 86 valence electrons. The summed E-state index contributed by atoms with van der Waals surface area (Å²) >= 11 is 0. The van der Waals surface area contributed by atoms with E-state index in [2.05, 4.69) is 13.5 Å². The standard InChI is InChI=1S/C12H21NO2/c1-3-7-13(9-12(14)15)11-6-5-10(4-2)8-11/h3,10-11H,1,4-9H2,2H3,(H,14,15). The Hall–Kier alpha value is -0.830. The molecule has 0 radical (unpaired) electrons. The van der Waals surface area contributed by atoms with Crippen LogP contribution in [-0.2, 0) is 4.79 Å². The first-order chi connectivity index (χ1) is 7.17. The Morgan fingerprint density at radius 3 is 2.80 bits per heavy atom. The van der Waals surface area contributed by atoms with E-state index in [-0.39, 0.29) is 6.54 Å². The predicted molar refractivity (Wildman–Crippen MR) is 60.8 cm³/mol. The summed E-state index contributed by atoms with van der Waals surface area (Å²) in [6.07, 6.45) is 6.54. The van der Waals surface area contributed by atoms with Gasteiger partial charge in [-0.1, -0.05) is 19.4 Å². The van der Waals surface area contributed by atoms with Gasteiger partial charge in [-0.3, -0.25) is 9.69 Å². The Bertz CT molecular complexity index is 228. The average Bonchev–Trinajstić information content (AvgIpc) is 2.64. The van der Waals surface area contributed by atoms with Crippen molar-refractivity contribution in [1.29, 1.82) is 0 Å². The van der Waals surface area contributed by atoms with Crippen molar-refractivity contribution in [3.63, 3.8) is 0 Å². The van der Waals surface area contributed by atoms with E-state index in [9.17, 15) is 4.79 Å². The number of carboxylic acids is 1. The van der Waals surface area contributed by atoms with Crippen LogP contribution in [0.1, 0.15) is 32.6 Å². The lowest BCUT2D eigenvalue weighted by molar-refractivity contribution is -0.138. The summed E-state index contributed by atoms with van der Waals surface area (Å²) in [5.74, 6) is 0.0490. The molecule has 1 aliphatic carbocycles. The second kappa shape index (κ2) is 5.91. The molecule has 0 bridgehead atoms. The molecule has 15 heavy (non-hydrogen) atoms. The van der Waals surface area contributed by atoms with E-state index in [0.29, 0.717) is 12.6 Å². The van der Waals surface area contributed by atoms with Crippen LogP contribution in [-0.4, -0.2) is 35.1 Å². The van der Waals surface area contributed by atoms with Crippen molar-refractivity contribution in [2.45, 2.75) is 38.6 Å². The highest BCUT2D eigenvalue weighted by Gasteiger charge is 2.28. The topological polar surface area (TPSA) is 40.5 Å². The number of carboxylic acid groups (broad SMARTS) is 1. The zero-order valence-electron chi connectivity index (χ0n) is 9.48. The largest absolute Gasteiger partial charge is 0.480 e. The Balaban J connectivity index is 2.48. The van der Waals surface area contributed by atoms with Gasteiger partial charge in [0.25, 0.3) is 0 Å². The van der Waals surface area contributed by atoms with E-state index < -0.39 is 5.97 Å². The van der Waals surface area contributed by atoms with E-state index in [1.807, 2.05) is 4.90 Å². The fourth-order valence-corrected chi connectivity index (χ4v) is 2.43. The highest BCUT2D eigenvalue weighted by molar-refractivity contribution is 5.69. The predicted octanol–water partition coefficient (Wildman–Crippen LogP) is 2.14. The fourth-order valence-electron chi connectivity index (χ4n) is 2.43. The van der Waals surface area contributed by atoms with Crippen LogP contribution in [0.15, 0.2) is 12.7 Å². The van der Waals surface area contributed by atoms with Gasteiger partial charge in [0.2, 0.25) is 0 Å². The Morgan fingerprint density at radius 2 is 2.33 bits per heavy atom. The molecule has 3 nitrogen and oxygen atoms in total. The molecule has 2 atom stereocenters. The van der Waals surface area contributed by atoms with Gasteiger partial charge >= 0.3 is 5.97 Å². The molecule has 0 aliphatic heterocycles. The quantitative estimate of drug-likeness (QED) is 0.684. The normalized spacial score (nSPS) is 25.7. The molecule has 2 unspecified atom stereocenters. The van der Waals surface area contributed by atoms with E-state index in [1.54, 1.807) is 6.08 Å². The average molecular weight is 211 g/mol. The summed E-state index contributed by atoms with van der Waals surface area (Å²) in [7, 11) is 0. The third-order valence-corrected chi connectivity index (χ3v) is 3.31. The molecule has 1 rings (SSSR count). The zero-order chi connectivity index (χ0) is 11.3. The van der Waals surface area contributed by atoms with Crippen LogP contribution in [0.25, 0.3) is 0 Å². The van der Waals surface area contributed by atoms with Crippen molar-refractivity contribution in [2.75, 3.05) is 13.1 Å². The number of nitrogens with zero attached hydrogens (tertiary/aromatic N) is 1. The van der Waals surface area contributed by atoms with Crippen LogP contribution in [0.3, 0.4) is 0 Å². The maximum atomic E-state index is 10.7. The summed E-state index contributed by atoms with van der Waals surface area (Å²) in [6.45, 7) is 6.73. The molecule has 0 aromatic carbocycles. The highest BCUT2D eigenvalue weighted by atomic mass is 16.4. The maximum absolute atomic E-state index is 10.7. The number of rotatable bonds is 6. The Labute approximate surface area is 91.8 Å². The third kappa shape index (κ3) is 3.67. The molecule has 0 spiro atoms. The number of hydrogen-bond donors (Lipinski definition) is 1. The van der Waals surface area contributed by atoms with E-state index in [0.717, 1.165) is 18.8 Å². The molecular formula is C12H21NO2. The third-order valence-electron chi connectivity index (χ3n) is 3.31. The number of carbonyl (C=O) groups is 1. The molecule has 0 aromatic rings. The molecule has 1 fully saturated rings. The SMILES string of the molecule is C=CCN(CC(=O)O)C1CCC(CC)C1. The van der Waals surface area contributed by atoms with Crippen LogP contribution in [0.4, 0.5) is 0 Å². The lowest BCUT2D eigenvalue weighted by Crippen LogP contribution is -2.37.